The third-order valence-corrected chi connectivity index (χ3v) is 1.07. The summed E-state index contributed by atoms with van der Waals surface area (Å²) in [6.07, 6.45) is 6.86. The van der Waals surface area contributed by atoms with Crippen molar-refractivity contribution in [1.29, 1.82) is 0 Å². The van der Waals surface area contributed by atoms with Gasteiger partial charge in [0, 0.05) is 11.9 Å². The van der Waals surface area contributed by atoms with Gasteiger partial charge in [-0.25, -0.2) is 5.43 Å². The van der Waals surface area contributed by atoms with Gasteiger partial charge in [-0.3, -0.25) is 0 Å². The first-order valence-corrected chi connectivity index (χ1v) is 2.72. The van der Waals surface area contributed by atoms with Crippen LogP contribution in [0.25, 0.3) is 0 Å². The van der Waals surface area contributed by atoms with Crippen LogP contribution in [0, 0.1) is 12.3 Å². The minimum atomic E-state index is 0.570. The molecule has 0 aromatic carbocycles. The molecule has 0 atom stereocenters. The summed E-state index contributed by atoms with van der Waals surface area (Å²) in [6, 6.07) is 0. The monoisotopic (exact) mass is 123 g/mol. The van der Waals surface area contributed by atoms with Crippen LogP contribution in [0.4, 0.5) is 0 Å². The van der Waals surface area contributed by atoms with E-state index in [4.69, 9.17) is 12.2 Å². The van der Waals surface area contributed by atoms with Gasteiger partial charge >= 0.3 is 0 Å². The minimum Gasteiger partial charge on any atom is -0.400 e. The van der Waals surface area contributed by atoms with Crippen LogP contribution in [0.2, 0.25) is 0 Å². The molecule has 0 aromatic heterocycles. The number of hydrogen-bond acceptors (Lipinski definition) is 3. The van der Waals surface area contributed by atoms with Crippen molar-refractivity contribution in [2.45, 2.75) is 0 Å². The van der Waals surface area contributed by atoms with E-state index >= 15 is 0 Å². The Morgan fingerprint density at radius 3 is 3.22 bits per heavy atom. The predicted molar refractivity (Wildman–Crippen MR) is 35.8 cm³/mol. The fourth-order valence-corrected chi connectivity index (χ4v) is 0.684. The predicted octanol–water partition coefficient (Wildman–Crippen LogP) is -0.760. The molecule has 1 aliphatic heterocycles. The van der Waals surface area contributed by atoms with Crippen molar-refractivity contribution in [2.75, 3.05) is 13.1 Å². The quantitative estimate of drug-likeness (QED) is 0.450. The van der Waals surface area contributed by atoms with Gasteiger partial charge in [0.2, 0.25) is 0 Å². The maximum atomic E-state index is 5.44. The summed E-state index contributed by atoms with van der Waals surface area (Å²) in [5.41, 5.74) is 9.25. The molecule has 3 heteroatoms. The van der Waals surface area contributed by atoms with E-state index < -0.39 is 0 Å². The zero-order chi connectivity index (χ0) is 6.69. The van der Waals surface area contributed by atoms with Crippen molar-refractivity contribution in [1.82, 2.24) is 10.4 Å². The Labute approximate surface area is 54.5 Å². The molecule has 0 saturated carbocycles. The molecule has 0 radical (unpaired) electrons. The molecule has 0 fully saturated rings. The number of hydrazine groups is 1. The molecular formula is C6H9N3. The highest BCUT2D eigenvalue weighted by Crippen LogP contribution is 1.95. The van der Waals surface area contributed by atoms with Gasteiger partial charge in [-0.2, -0.15) is 0 Å². The summed E-state index contributed by atoms with van der Waals surface area (Å²) in [5.74, 6) is 2.49. The van der Waals surface area contributed by atoms with E-state index in [9.17, 15) is 0 Å². The van der Waals surface area contributed by atoms with Crippen molar-refractivity contribution in [3.05, 3.63) is 11.9 Å². The Morgan fingerprint density at radius 1 is 2.00 bits per heavy atom. The van der Waals surface area contributed by atoms with E-state index in [2.05, 4.69) is 11.3 Å². The highest BCUT2D eigenvalue weighted by molar-refractivity contribution is 5.05. The Bertz CT molecular complexity index is 166. The molecule has 9 heavy (non-hydrogen) atoms. The van der Waals surface area contributed by atoms with Crippen LogP contribution in [0.15, 0.2) is 11.9 Å². The van der Waals surface area contributed by atoms with Gasteiger partial charge in [-0.05, 0) is 0 Å². The third-order valence-electron chi connectivity index (χ3n) is 1.07. The van der Waals surface area contributed by atoms with E-state index in [-0.39, 0.29) is 0 Å². The van der Waals surface area contributed by atoms with Gasteiger partial charge in [-0.15, -0.1) is 6.42 Å². The van der Waals surface area contributed by atoms with Crippen molar-refractivity contribution < 1.29 is 0 Å². The van der Waals surface area contributed by atoms with Gasteiger partial charge < -0.3 is 10.7 Å². The van der Waals surface area contributed by atoms with Crippen LogP contribution in [0.1, 0.15) is 0 Å². The van der Waals surface area contributed by atoms with Crippen LogP contribution in [-0.2, 0) is 0 Å². The maximum absolute atomic E-state index is 5.44. The Balaban J connectivity index is 2.40. The molecule has 0 aliphatic carbocycles. The lowest BCUT2D eigenvalue weighted by Crippen LogP contribution is -2.29. The Hall–Kier alpha value is -1.14. The summed E-state index contributed by atoms with van der Waals surface area (Å²) in [7, 11) is 0. The molecule has 0 unspecified atom stereocenters. The van der Waals surface area contributed by atoms with Crippen LogP contribution in [0.3, 0.4) is 0 Å². The van der Waals surface area contributed by atoms with Crippen molar-refractivity contribution >= 4 is 0 Å². The molecule has 1 aliphatic rings. The summed E-state index contributed by atoms with van der Waals surface area (Å²) in [6.45, 7) is 1.28. The standard InChI is InChI=1S/C6H9N3/c1-2-3-9-5-6(7)4-8-9/h1,5,8H,3-4,7H2. The zero-order valence-electron chi connectivity index (χ0n) is 5.09. The highest BCUT2D eigenvalue weighted by atomic mass is 15.5. The number of nitrogens with zero attached hydrogens (tertiary/aromatic N) is 1. The molecule has 3 nitrogen and oxygen atoms in total. The average molecular weight is 123 g/mol. The molecule has 48 valence electrons. The van der Waals surface area contributed by atoms with Crippen LogP contribution >= 0.6 is 0 Å². The SMILES string of the molecule is C#CCN1C=C(N)CN1. The van der Waals surface area contributed by atoms with E-state index in [0.717, 1.165) is 5.70 Å². The minimum absolute atomic E-state index is 0.570. The molecule has 0 spiro atoms. The van der Waals surface area contributed by atoms with Crippen LogP contribution in [-0.4, -0.2) is 18.1 Å². The van der Waals surface area contributed by atoms with Crippen LogP contribution in [0.5, 0.6) is 0 Å². The highest BCUT2D eigenvalue weighted by Gasteiger charge is 2.05. The largest absolute Gasteiger partial charge is 0.400 e. The molecule has 0 saturated heterocycles. The first-order chi connectivity index (χ1) is 4.33. The van der Waals surface area contributed by atoms with E-state index in [0.29, 0.717) is 13.1 Å². The first kappa shape index (κ1) is 5.99. The smallest absolute Gasteiger partial charge is 0.0944 e. The van der Waals surface area contributed by atoms with Crippen molar-refractivity contribution in [2.24, 2.45) is 5.73 Å². The van der Waals surface area contributed by atoms with Gasteiger partial charge in [0.25, 0.3) is 0 Å². The second kappa shape index (κ2) is 2.42. The van der Waals surface area contributed by atoms with Gasteiger partial charge in [0.15, 0.2) is 0 Å². The van der Waals surface area contributed by atoms with E-state index in [1.807, 2.05) is 0 Å². The second-order valence-corrected chi connectivity index (χ2v) is 1.87. The second-order valence-electron chi connectivity index (χ2n) is 1.87. The molecule has 3 N–H and O–H groups in total. The van der Waals surface area contributed by atoms with Crippen molar-refractivity contribution in [3.63, 3.8) is 0 Å². The fraction of sp³-hybridized carbons (Fsp3) is 0.333. The lowest BCUT2D eigenvalue weighted by Gasteiger charge is -2.09. The third kappa shape index (κ3) is 1.37. The van der Waals surface area contributed by atoms with Gasteiger partial charge in [0.05, 0.1) is 13.1 Å². The summed E-state index contributed by atoms with van der Waals surface area (Å²) in [5, 5.41) is 1.79. The number of hydrogen-bond donors (Lipinski definition) is 2. The fourth-order valence-electron chi connectivity index (χ4n) is 0.684. The van der Waals surface area contributed by atoms with E-state index in [1.54, 1.807) is 11.2 Å². The number of nitrogens with two attached hydrogens (primary N) is 1. The molecule has 0 bridgehead atoms. The topological polar surface area (TPSA) is 41.3 Å². The van der Waals surface area contributed by atoms with Gasteiger partial charge in [-0.1, -0.05) is 5.92 Å². The summed E-state index contributed by atoms with van der Waals surface area (Å²) in [4.78, 5) is 0. The van der Waals surface area contributed by atoms with E-state index in [1.165, 1.54) is 0 Å². The normalized spacial score (nSPS) is 17.2. The summed E-state index contributed by atoms with van der Waals surface area (Å²) >= 11 is 0. The molecule has 0 aromatic rings. The summed E-state index contributed by atoms with van der Waals surface area (Å²) < 4.78 is 0. The first-order valence-electron chi connectivity index (χ1n) is 2.72. The van der Waals surface area contributed by atoms with Gasteiger partial charge in [0.1, 0.15) is 0 Å². The molecule has 1 heterocycles. The van der Waals surface area contributed by atoms with Crippen molar-refractivity contribution in [3.8, 4) is 12.3 Å². The number of terminal acetylenes is 1. The lowest BCUT2D eigenvalue weighted by molar-refractivity contribution is 0.344. The lowest BCUT2D eigenvalue weighted by atomic mass is 10.5. The number of rotatable bonds is 1. The molecule has 1 rings (SSSR count). The van der Waals surface area contributed by atoms with Crippen LogP contribution < -0.4 is 11.2 Å². The average Bonchev–Trinajstić information content (AvgIpc) is 2.17. The molecular weight excluding hydrogens is 114 g/mol. The molecule has 0 amide bonds. The Morgan fingerprint density at radius 2 is 2.78 bits per heavy atom. The Kier molecular flexibility index (Phi) is 1.61. The zero-order valence-corrected chi connectivity index (χ0v) is 5.09. The number of nitrogens with one attached hydrogen (secondary N) is 1. The maximum Gasteiger partial charge on any atom is 0.0944 e.